The molecule has 4 nitrogen and oxygen atoms in total. The number of aromatic nitrogens is 3. The molecule has 2 aromatic rings. The summed E-state index contributed by atoms with van der Waals surface area (Å²) < 4.78 is 14.6. The summed E-state index contributed by atoms with van der Waals surface area (Å²) in [5.74, 6) is -0.363. The van der Waals surface area contributed by atoms with E-state index in [1.807, 2.05) is 20.2 Å². The van der Waals surface area contributed by atoms with Crippen LogP contribution in [-0.4, -0.2) is 14.8 Å². The maximum Gasteiger partial charge on any atom is 0.141 e. The first-order valence-electron chi connectivity index (χ1n) is 5.46. The Bertz CT molecular complexity index is 505. The second-order valence-electron chi connectivity index (χ2n) is 4.09. The molecule has 0 amide bonds. The number of hydrogen-bond donors (Lipinski definition) is 1. The monoisotopic (exact) mass is 234 g/mol. The van der Waals surface area contributed by atoms with Gasteiger partial charge in [-0.05, 0) is 18.6 Å². The summed E-state index contributed by atoms with van der Waals surface area (Å²) in [7, 11) is 1.83. The number of rotatable bonds is 3. The van der Waals surface area contributed by atoms with Crippen molar-refractivity contribution in [3.8, 4) is 0 Å². The van der Waals surface area contributed by atoms with E-state index >= 15 is 0 Å². The van der Waals surface area contributed by atoms with Crippen LogP contribution in [-0.2, 0) is 12.6 Å². The van der Waals surface area contributed by atoms with Gasteiger partial charge in [0, 0.05) is 18.8 Å². The molecule has 90 valence electrons. The lowest BCUT2D eigenvalue weighted by atomic mass is 9.87. The van der Waals surface area contributed by atoms with Gasteiger partial charge >= 0.3 is 0 Å². The second kappa shape index (κ2) is 4.25. The fraction of sp³-hybridized carbons (Fsp3) is 0.333. The Balaban J connectivity index is 2.47. The van der Waals surface area contributed by atoms with Gasteiger partial charge in [0.2, 0.25) is 0 Å². The number of aryl methyl sites for hydroxylation is 1. The van der Waals surface area contributed by atoms with E-state index < -0.39 is 5.54 Å². The fourth-order valence-electron chi connectivity index (χ4n) is 1.82. The summed E-state index contributed by atoms with van der Waals surface area (Å²) in [5, 5.41) is 4.11. The number of pyridine rings is 1. The Labute approximate surface area is 99.3 Å². The van der Waals surface area contributed by atoms with E-state index in [0.717, 1.165) is 5.56 Å². The lowest BCUT2D eigenvalue weighted by Gasteiger charge is -2.26. The molecular formula is C12H15FN4. The molecule has 0 aliphatic rings. The van der Waals surface area contributed by atoms with Crippen LogP contribution in [0.15, 0.2) is 30.7 Å². The predicted molar refractivity (Wildman–Crippen MR) is 62.7 cm³/mol. The Morgan fingerprint density at radius 3 is 2.65 bits per heavy atom. The normalized spacial score (nSPS) is 14.6. The molecule has 2 heterocycles. The zero-order valence-corrected chi connectivity index (χ0v) is 9.89. The van der Waals surface area contributed by atoms with Crippen molar-refractivity contribution in [1.82, 2.24) is 14.8 Å². The van der Waals surface area contributed by atoms with Crippen molar-refractivity contribution < 1.29 is 4.39 Å². The Kier molecular flexibility index (Phi) is 2.93. The van der Waals surface area contributed by atoms with Crippen molar-refractivity contribution in [3.63, 3.8) is 0 Å². The van der Waals surface area contributed by atoms with Gasteiger partial charge in [-0.15, -0.1) is 0 Å². The predicted octanol–water partition coefficient (Wildman–Crippen LogP) is 1.57. The number of hydrogen-bond acceptors (Lipinski definition) is 3. The quantitative estimate of drug-likeness (QED) is 0.877. The summed E-state index contributed by atoms with van der Waals surface area (Å²) in [5.41, 5.74) is 7.17. The summed E-state index contributed by atoms with van der Waals surface area (Å²) in [4.78, 5) is 4.07. The minimum absolute atomic E-state index is 0.363. The van der Waals surface area contributed by atoms with E-state index in [0.29, 0.717) is 12.1 Å². The van der Waals surface area contributed by atoms with Crippen molar-refractivity contribution >= 4 is 0 Å². The molecule has 0 aliphatic carbocycles. The van der Waals surface area contributed by atoms with Gasteiger partial charge in [-0.25, -0.2) is 4.39 Å². The maximum atomic E-state index is 12.9. The van der Waals surface area contributed by atoms with Crippen molar-refractivity contribution in [1.29, 1.82) is 0 Å². The van der Waals surface area contributed by atoms with Crippen LogP contribution in [0, 0.1) is 5.82 Å². The van der Waals surface area contributed by atoms with Gasteiger partial charge in [0.15, 0.2) is 0 Å². The third kappa shape index (κ3) is 2.06. The molecule has 0 radical (unpaired) electrons. The molecule has 2 aromatic heterocycles. The van der Waals surface area contributed by atoms with Crippen LogP contribution in [0.3, 0.4) is 0 Å². The average Bonchev–Trinajstić information content (AvgIpc) is 2.76. The molecule has 1 atom stereocenters. The van der Waals surface area contributed by atoms with Crippen LogP contribution >= 0.6 is 0 Å². The molecule has 0 spiro atoms. The summed E-state index contributed by atoms with van der Waals surface area (Å²) in [6.45, 7) is 1.97. The first-order chi connectivity index (χ1) is 8.06. The van der Waals surface area contributed by atoms with E-state index in [1.165, 1.54) is 12.3 Å². The summed E-state index contributed by atoms with van der Waals surface area (Å²) in [6.07, 6.45) is 5.42. The number of nitrogens with zero attached hydrogens (tertiary/aromatic N) is 3. The highest BCUT2D eigenvalue weighted by Gasteiger charge is 2.30. The molecule has 5 heteroatoms. The highest BCUT2D eigenvalue weighted by Crippen LogP contribution is 2.28. The first-order valence-corrected chi connectivity index (χ1v) is 5.46. The zero-order valence-electron chi connectivity index (χ0n) is 9.89. The average molecular weight is 234 g/mol. The molecule has 0 saturated carbocycles. The highest BCUT2D eigenvalue weighted by molar-refractivity contribution is 5.30. The molecule has 0 fully saturated rings. The first kappa shape index (κ1) is 11.7. The van der Waals surface area contributed by atoms with Gasteiger partial charge in [0.05, 0.1) is 23.6 Å². The van der Waals surface area contributed by atoms with Crippen LogP contribution in [0.4, 0.5) is 4.39 Å². The Morgan fingerprint density at radius 2 is 2.18 bits per heavy atom. The third-order valence-corrected chi connectivity index (χ3v) is 2.96. The van der Waals surface area contributed by atoms with Gasteiger partial charge in [0.1, 0.15) is 5.82 Å². The molecule has 2 rings (SSSR count). The standard InChI is InChI=1S/C12H15FN4/c1-3-12(14,9-6-16-17(2)8-9)11-5-4-10(13)7-15-11/h4-8H,3,14H2,1-2H3. The van der Waals surface area contributed by atoms with E-state index in [1.54, 1.807) is 16.9 Å². The van der Waals surface area contributed by atoms with Crippen LogP contribution in [0.5, 0.6) is 0 Å². The van der Waals surface area contributed by atoms with Gasteiger partial charge in [0.25, 0.3) is 0 Å². The van der Waals surface area contributed by atoms with Gasteiger partial charge in [-0.3, -0.25) is 9.67 Å². The SMILES string of the molecule is CCC(N)(c1cnn(C)c1)c1ccc(F)cn1. The van der Waals surface area contributed by atoms with E-state index in [2.05, 4.69) is 10.1 Å². The minimum atomic E-state index is -0.720. The van der Waals surface area contributed by atoms with Crippen molar-refractivity contribution in [2.45, 2.75) is 18.9 Å². The lowest BCUT2D eigenvalue weighted by Crippen LogP contribution is -2.37. The molecule has 0 bridgehead atoms. The molecule has 2 N–H and O–H groups in total. The fourth-order valence-corrected chi connectivity index (χ4v) is 1.82. The second-order valence-corrected chi connectivity index (χ2v) is 4.09. The number of nitrogens with two attached hydrogens (primary N) is 1. The van der Waals surface area contributed by atoms with Gasteiger partial charge in [-0.1, -0.05) is 6.92 Å². The van der Waals surface area contributed by atoms with E-state index in [9.17, 15) is 4.39 Å². The van der Waals surface area contributed by atoms with Crippen LogP contribution in [0.2, 0.25) is 0 Å². The summed E-state index contributed by atoms with van der Waals surface area (Å²) >= 11 is 0. The molecule has 0 aliphatic heterocycles. The number of halogens is 1. The summed E-state index contributed by atoms with van der Waals surface area (Å²) in [6, 6.07) is 2.99. The minimum Gasteiger partial charge on any atom is -0.316 e. The highest BCUT2D eigenvalue weighted by atomic mass is 19.1. The largest absolute Gasteiger partial charge is 0.316 e. The third-order valence-electron chi connectivity index (χ3n) is 2.96. The van der Waals surface area contributed by atoms with Crippen LogP contribution in [0.1, 0.15) is 24.6 Å². The lowest BCUT2D eigenvalue weighted by molar-refractivity contribution is 0.498. The smallest absolute Gasteiger partial charge is 0.141 e. The van der Waals surface area contributed by atoms with Crippen LogP contribution < -0.4 is 5.73 Å². The molecular weight excluding hydrogens is 219 g/mol. The molecule has 17 heavy (non-hydrogen) atoms. The van der Waals surface area contributed by atoms with Crippen molar-refractivity contribution in [2.24, 2.45) is 12.8 Å². The van der Waals surface area contributed by atoms with Gasteiger partial charge in [-0.2, -0.15) is 5.10 Å². The van der Waals surface area contributed by atoms with Gasteiger partial charge < -0.3 is 5.73 Å². The molecule has 1 unspecified atom stereocenters. The van der Waals surface area contributed by atoms with Crippen molar-refractivity contribution in [2.75, 3.05) is 0 Å². The van der Waals surface area contributed by atoms with Crippen molar-refractivity contribution in [3.05, 3.63) is 47.8 Å². The van der Waals surface area contributed by atoms with E-state index in [4.69, 9.17) is 5.73 Å². The topological polar surface area (TPSA) is 56.7 Å². The Morgan fingerprint density at radius 1 is 1.41 bits per heavy atom. The maximum absolute atomic E-state index is 12.9. The zero-order chi connectivity index (χ0) is 12.5. The van der Waals surface area contributed by atoms with E-state index in [-0.39, 0.29) is 5.82 Å². The van der Waals surface area contributed by atoms with Crippen LogP contribution in [0.25, 0.3) is 0 Å². The molecule has 0 aromatic carbocycles. The molecule has 0 saturated heterocycles. The Hall–Kier alpha value is -1.75.